The third-order valence-corrected chi connectivity index (χ3v) is 2.70. The van der Waals surface area contributed by atoms with Crippen molar-refractivity contribution in [1.29, 1.82) is 5.26 Å². The summed E-state index contributed by atoms with van der Waals surface area (Å²) in [5, 5.41) is 13.1. The van der Waals surface area contributed by atoms with Crippen LogP contribution in [0, 0.1) is 11.3 Å². The average molecular weight is 280 g/mol. The van der Waals surface area contributed by atoms with Gasteiger partial charge in [0.2, 0.25) is 0 Å². The van der Waals surface area contributed by atoms with Gasteiger partial charge in [0, 0.05) is 6.20 Å². The van der Waals surface area contributed by atoms with Gasteiger partial charge in [-0.15, -0.1) is 0 Å². The first kappa shape index (κ1) is 14.1. The van der Waals surface area contributed by atoms with Crippen molar-refractivity contribution < 1.29 is 13.2 Å². The summed E-state index contributed by atoms with van der Waals surface area (Å²) in [4.78, 5) is 3.51. The number of rotatable bonds is 2. The molecule has 104 valence electrons. The summed E-state index contributed by atoms with van der Waals surface area (Å²) in [6.07, 6.45) is -3.06. The Bertz CT molecular complexity index is 665. The second kappa shape index (κ2) is 4.96. The third-order valence-electron chi connectivity index (χ3n) is 2.70. The summed E-state index contributed by atoms with van der Waals surface area (Å²) in [6, 6.07) is 5.39. The Kier molecular flexibility index (Phi) is 3.49. The highest BCUT2D eigenvalue weighted by Gasteiger charge is 2.33. The molecule has 2 aromatic rings. The fourth-order valence-electron chi connectivity index (χ4n) is 1.63. The first-order valence-corrected chi connectivity index (χ1v) is 5.87. The Morgan fingerprint density at radius 2 is 1.95 bits per heavy atom. The lowest BCUT2D eigenvalue weighted by Gasteiger charge is -2.09. The number of hydrogen-bond donors (Lipinski definition) is 0. The number of aromatic nitrogens is 3. The van der Waals surface area contributed by atoms with Crippen molar-refractivity contribution in [2.45, 2.75) is 25.9 Å². The van der Waals surface area contributed by atoms with E-state index in [4.69, 9.17) is 5.26 Å². The van der Waals surface area contributed by atoms with Crippen LogP contribution in [0.5, 0.6) is 0 Å². The second-order valence-electron chi connectivity index (χ2n) is 4.52. The van der Waals surface area contributed by atoms with Crippen LogP contribution in [-0.4, -0.2) is 14.8 Å². The molecule has 0 aliphatic heterocycles. The minimum Gasteiger partial charge on any atom is -0.223 e. The number of hydrogen-bond acceptors (Lipinski definition) is 3. The zero-order valence-corrected chi connectivity index (χ0v) is 10.8. The first-order chi connectivity index (χ1) is 9.32. The van der Waals surface area contributed by atoms with Crippen molar-refractivity contribution in [3.8, 4) is 11.9 Å². The van der Waals surface area contributed by atoms with Crippen LogP contribution in [0.4, 0.5) is 13.2 Å². The molecule has 20 heavy (non-hydrogen) atoms. The highest BCUT2D eigenvalue weighted by Crippen LogP contribution is 2.29. The largest absolute Gasteiger partial charge is 0.433 e. The third kappa shape index (κ3) is 2.64. The minimum absolute atomic E-state index is 0.0383. The highest BCUT2D eigenvalue weighted by molar-refractivity contribution is 5.44. The predicted octanol–water partition coefficient (Wildman–Crippen LogP) is 3.28. The van der Waals surface area contributed by atoms with Gasteiger partial charge in [0.15, 0.2) is 5.82 Å². The summed E-state index contributed by atoms with van der Waals surface area (Å²) in [5.41, 5.74) is -0.294. The molecule has 0 N–H and O–H groups in total. The molecular formula is C13H11F3N4. The van der Waals surface area contributed by atoms with Gasteiger partial charge in [-0.3, -0.25) is 0 Å². The van der Waals surface area contributed by atoms with Gasteiger partial charge in [0.1, 0.15) is 11.8 Å². The SMILES string of the molecule is CC(C)c1ccn(-c2nc(C(F)(F)F)ccc2C#N)n1. The van der Waals surface area contributed by atoms with Crippen molar-refractivity contribution in [2.24, 2.45) is 0 Å². The van der Waals surface area contributed by atoms with Crippen molar-refractivity contribution in [3.05, 3.63) is 41.3 Å². The van der Waals surface area contributed by atoms with Crippen LogP contribution < -0.4 is 0 Å². The topological polar surface area (TPSA) is 54.5 Å². The molecular weight excluding hydrogens is 269 g/mol. The summed E-state index contributed by atoms with van der Waals surface area (Å²) < 4.78 is 39.2. The Morgan fingerprint density at radius 3 is 2.45 bits per heavy atom. The lowest BCUT2D eigenvalue weighted by atomic mass is 10.1. The van der Waals surface area contributed by atoms with Gasteiger partial charge < -0.3 is 0 Å². The smallest absolute Gasteiger partial charge is 0.223 e. The van der Waals surface area contributed by atoms with E-state index >= 15 is 0 Å². The summed E-state index contributed by atoms with van der Waals surface area (Å²) in [5.74, 6) is 0.0156. The van der Waals surface area contributed by atoms with Gasteiger partial charge >= 0.3 is 6.18 Å². The minimum atomic E-state index is -4.56. The lowest BCUT2D eigenvalue weighted by Crippen LogP contribution is -2.12. The molecule has 0 bridgehead atoms. The molecule has 0 radical (unpaired) electrons. The van der Waals surface area contributed by atoms with Gasteiger partial charge in [-0.1, -0.05) is 13.8 Å². The maximum atomic E-state index is 12.7. The second-order valence-corrected chi connectivity index (χ2v) is 4.52. The molecule has 0 aliphatic carbocycles. The maximum absolute atomic E-state index is 12.7. The molecule has 0 atom stereocenters. The summed E-state index contributed by atoms with van der Waals surface area (Å²) in [6.45, 7) is 3.83. The number of alkyl halides is 3. The van der Waals surface area contributed by atoms with Crippen LogP contribution in [0.15, 0.2) is 24.4 Å². The molecule has 0 amide bonds. The van der Waals surface area contributed by atoms with E-state index < -0.39 is 11.9 Å². The van der Waals surface area contributed by atoms with Gasteiger partial charge in [-0.25, -0.2) is 9.67 Å². The van der Waals surface area contributed by atoms with Crippen LogP contribution >= 0.6 is 0 Å². The van der Waals surface area contributed by atoms with Crippen molar-refractivity contribution in [1.82, 2.24) is 14.8 Å². The lowest BCUT2D eigenvalue weighted by molar-refractivity contribution is -0.141. The highest BCUT2D eigenvalue weighted by atomic mass is 19.4. The molecule has 0 saturated heterocycles. The predicted molar refractivity (Wildman–Crippen MR) is 65.2 cm³/mol. The van der Waals surface area contributed by atoms with Gasteiger partial charge in [0.25, 0.3) is 0 Å². The fraction of sp³-hybridized carbons (Fsp3) is 0.308. The van der Waals surface area contributed by atoms with E-state index in [1.165, 1.54) is 10.9 Å². The zero-order valence-electron chi connectivity index (χ0n) is 10.8. The van der Waals surface area contributed by atoms with Crippen LogP contribution in [0.25, 0.3) is 5.82 Å². The molecule has 0 fully saturated rings. The number of halogens is 3. The van der Waals surface area contributed by atoms with Gasteiger partial charge in [-0.2, -0.15) is 23.5 Å². The normalized spacial score (nSPS) is 11.7. The quantitative estimate of drug-likeness (QED) is 0.848. The first-order valence-electron chi connectivity index (χ1n) is 5.87. The van der Waals surface area contributed by atoms with E-state index in [0.717, 1.165) is 12.1 Å². The Morgan fingerprint density at radius 1 is 1.25 bits per heavy atom. The molecule has 0 unspecified atom stereocenters. The molecule has 7 heteroatoms. The number of nitriles is 1. The summed E-state index contributed by atoms with van der Waals surface area (Å²) >= 11 is 0. The van der Waals surface area contributed by atoms with Crippen molar-refractivity contribution in [3.63, 3.8) is 0 Å². The van der Waals surface area contributed by atoms with Crippen LogP contribution in [-0.2, 0) is 6.18 Å². The molecule has 0 aliphatic rings. The molecule has 0 saturated carbocycles. The maximum Gasteiger partial charge on any atom is 0.433 e. The van der Waals surface area contributed by atoms with E-state index in [1.54, 1.807) is 6.07 Å². The van der Waals surface area contributed by atoms with E-state index in [2.05, 4.69) is 10.1 Å². The Labute approximate surface area is 113 Å². The molecule has 2 rings (SSSR count). The van der Waals surface area contributed by atoms with Gasteiger partial charge in [-0.05, 0) is 24.1 Å². The Hall–Kier alpha value is -2.36. The average Bonchev–Trinajstić information content (AvgIpc) is 2.86. The van der Waals surface area contributed by atoms with Crippen LogP contribution in [0.3, 0.4) is 0 Å². The summed E-state index contributed by atoms with van der Waals surface area (Å²) in [7, 11) is 0. The molecule has 4 nitrogen and oxygen atoms in total. The monoisotopic (exact) mass is 280 g/mol. The number of pyridine rings is 1. The molecule has 0 aromatic carbocycles. The van der Waals surface area contributed by atoms with Crippen LogP contribution in [0.1, 0.15) is 36.7 Å². The Balaban J connectivity index is 2.56. The zero-order chi connectivity index (χ0) is 14.9. The number of nitrogens with zero attached hydrogens (tertiary/aromatic N) is 4. The molecule has 2 heterocycles. The van der Waals surface area contributed by atoms with E-state index in [-0.39, 0.29) is 17.3 Å². The van der Waals surface area contributed by atoms with Crippen LogP contribution in [0.2, 0.25) is 0 Å². The van der Waals surface area contributed by atoms with Crippen molar-refractivity contribution >= 4 is 0 Å². The van der Waals surface area contributed by atoms with Gasteiger partial charge in [0.05, 0.1) is 11.3 Å². The standard InChI is InChI=1S/C13H11F3N4/c1-8(2)10-5-6-20(19-10)12-9(7-17)3-4-11(18-12)13(14,15)16/h3-6,8H,1-2H3. The van der Waals surface area contributed by atoms with E-state index in [1.807, 2.05) is 19.9 Å². The fourth-order valence-corrected chi connectivity index (χ4v) is 1.63. The van der Waals surface area contributed by atoms with E-state index in [0.29, 0.717) is 5.69 Å². The van der Waals surface area contributed by atoms with Crippen molar-refractivity contribution in [2.75, 3.05) is 0 Å². The van der Waals surface area contributed by atoms with E-state index in [9.17, 15) is 13.2 Å². The molecule has 2 aromatic heterocycles. The molecule has 0 spiro atoms.